The molecule has 4 rings (SSSR count). The summed E-state index contributed by atoms with van der Waals surface area (Å²) < 4.78 is 15.9. The van der Waals surface area contributed by atoms with Crippen LogP contribution in [-0.4, -0.2) is 29.8 Å². The molecule has 1 aliphatic rings. The van der Waals surface area contributed by atoms with Gasteiger partial charge in [0.05, 0.1) is 7.11 Å². The van der Waals surface area contributed by atoms with Gasteiger partial charge in [-0.2, -0.15) is 0 Å². The summed E-state index contributed by atoms with van der Waals surface area (Å²) in [5, 5.41) is 12.2. The molecular formula is C17H15N3O5S. The van der Waals surface area contributed by atoms with Gasteiger partial charge in [0.25, 0.3) is 5.91 Å². The quantitative estimate of drug-likeness (QED) is 0.701. The molecule has 1 amide bonds. The number of carbonyl (C=O) groups is 1. The van der Waals surface area contributed by atoms with Crippen molar-refractivity contribution in [3.63, 3.8) is 0 Å². The minimum Gasteiger partial charge on any atom is -0.497 e. The smallest absolute Gasteiger partial charge is 0.349 e. The Labute approximate surface area is 151 Å². The van der Waals surface area contributed by atoms with Crippen molar-refractivity contribution in [3.05, 3.63) is 45.3 Å². The second kappa shape index (κ2) is 6.85. The number of anilines is 1. The standard InChI is InChI=1S/C17H15N3O5S/c1-23-10-4-5-12-9(7-10)8-11(16(22)25-12)14(21)18-17-20-19-15(26-17)13-3-2-6-24-13/h4-5,7-8,13H,2-3,6H2,1H3,(H,18,20,21). The van der Waals surface area contributed by atoms with Crippen molar-refractivity contribution in [1.29, 1.82) is 0 Å². The number of rotatable bonds is 4. The van der Waals surface area contributed by atoms with E-state index in [1.807, 2.05) is 0 Å². The first-order chi connectivity index (χ1) is 12.6. The number of carbonyl (C=O) groups excluding carboxylic acids is 1. The van der Waals surface area contributed by atoms with Crippen LogP contribution in [-0.2, 0) is 4.74 Å². The zero-order chi connectivity index (χ0) is 18.1. The molecule has 0 saturated carbocycles. The first kappa shape index (κ1) is 16.7. The van der Waals surface area contributed by atoms with E-state index in [2.05, 4.69) is 15.5 Å². The van der Waals surface area contributed by atoms with Crippen LogP contribution in [0.15, 0.2) is 33.5 Å². The average Bonchev–Trinajstić information content (AvgIpc) is 3.32. The summed E-state index contributed by atoms with van der Waals surface area (Å²) in [6.45, 7) is 0.702. The number of amides is 1. The van der Waals surface area contributed by atoms with Crippen LogP contribution in [0.4, 0.5) is 5.13 Å². The monoisotopic (exact) mass is 373 g/mol. The van der Waals surface area contributed by atoms with Gasteiger partial charge in [-0.15, -0.1) is 10.2 Å². The maximum absolute atomic E-state index is 12.5. The zero-order valence-corrected chi connectivity index (χ0v) is 14.7. The van der Waals surface area contributed by atoms with Crippen LogP contribution in [0.1, 0.15) is 34.3 Å². The number of nitrogens with one attached hydrogen (secondary N) is 1. The number of methoxy groups -OCH3 is 1. The van der Waals surface area contributed by atoms with E-state index >= 15 is 0 Å². The molecule has 0 aliphatic carbocycles. The third-order valence-corrected chi connectivity index (χ3v) is 4.98. The van der Waals surface area contributed by atoms with Gasteiger partial charge in [-0.1, -0.05) is 11.3 Å². The van der Waals surface area contributed by atoms with Gasteiger partial charge in [0.2, 0.25) is 5.13 Å². The van der Waals surface area contributed by atoms with Crippen molar-refractivity contribution < 1.29 is 18.7 Å². The van der Waals surface area contributed by atoms with Crippen LogP contribution in [0.2, 0.25) is 0 Å². The van der Waals surface area contributed by atoms with Crippen molar-refractivity contribution in [3.8, 4) is 5.75 Å². The molecule has 0 spiro atoms. The van der Waals surface area contributed by atoms with Crippen molar-refractivity contribution in [2.75, 3.05) is 19.0 Å². The summed E-state index contributed by atoms with van der Waals surface area (Å²) in [6.07, 6.45) is 1.79. The molecule has 3 aromatic rings. The van der Waals surface area contributed by atoms with E-state index in [4.69, 9.17) is 13.9 Å². The molecule has 1 atom stereocenters. The van der Waals surface area contributed by atoms with Gasteiger partial charge in [-0.05, 0) is 37.1 Å². The van der Waals surface area contributed by atoms with Gasteiger partial charge in [0, 0.05) is 12.0 Å². The van der Waals surface area contributed by atoms with Crippen LogP contribution >= 0.6 is 11.3 Å². The average molecular weight is 373 g/mol. The molecule has 1 aliphatic heterocycles. The fourth-order valence-electron chi connectivity index (χ4n) is 2.74. The maximum atomic E-state index is 12.5. The van der Waals surface area contributed by atoms with Gasteiger partial charge in [-0.3, -0.25) is 10.1 Å². The van der Waals surface area contributed by atoms with Crippen LogP contribution in [0.3, 0.4) is 0 Å². The topological polar surface area (TPSA) is 104 Å². The predicted octanol–water partition coefficient (Wildman–Crippen LogP) is 2.76. The fraction of sp³-hybridized carbons (Fsp3) is 0.294. The van der Waals surface area contributed by atoms with Crippen LogP contribution in [0, 0.1) is 0 Å². The van der Waals surface area contributed by atoms with E-state index in [1.54, 1.807) is 18.2 Å². The lowest BCUT2D eigenvalue weighted by Crippen LogP contribution is -2.20. The molecule has 134 valence electrons. The predicted molar refractivity (Wildman–Crippen MR) is 94.8 cm³/mol. The van der Waals surface area contributed by atoms with Crippen LogP contribution in [0.25, 0.3) is 11.0 Å². The number of benzene rings is 1. The Morgan fingerprint density at radius 3 is 3.00 bits per heavy atom. The number of aromatic nitrogens is 2. The molecule has 0 bridgehead atoms. The minimum atomic E-state index is -0.718. The summed E-state index contributed by atoms with van der Waals surface area (Å²) in [5.41, 5.74) is -0.451. The first-order valence-corrected chi connectivity index (χ1v) is 8.84. The number of ether oxygens (including phenoxy) is 2. The number of fused-ring (bicyclic) bond motifs is 1. The van der Waals surface area contributed by atoms with Crippen molar-refractivity contribution in [2.24, 2.45) is 0 Å². The lowest BCUT2D eigenvalue weighted by Gasteiger charge is -2.04. The molecular weight excluding hydrogens is 358 g/mol. The lowest BCUT2D eigenvalue weighted by molar-refractivity contribution is 0.102. The molecule has 2 aromatic heterocycles. The molecule has 26 heavy (non-hydrogen) atoms. The van der Waals surface area contributed by atoms with E-state index < -0.39 is 11.5 Å². The number of hydrogen-bond acceptors (Lipinski definition) is 8. The summed E-state index contributed by atoms with van der Waals surface area (Å²) in [4.78, 5) is 24.6. The Bertz CT molecular complexity index is 1020. The highest BCUT2D eigenvalue weighted by Crippen LogP contribution is 2.32. The fourth-order valence-corrected chi connectivity index (χ4v) is 3.56. The molecule has 1 saturated heterocycles. The Kier molecular flexibility index (Phi) is 4.39. The molecule has 1 aromatic carbocycles. The van der Waals surface area contributed by atoms with E-state index in [0.717, 1.165) is 12.8 Å². The van der Waals surface area contributed by atoms with E-state index in [1.165, 1.54) is 24.5 Å². The van der Waals surface area contributed by atoms with E-state index in [0.29, 0.717) is 33.5 Å². The lowest BCUT2D eigenvalue weighted by atomic mass is 10.1. The SMILES string of the molecule is COc1ccc2oc(=O)c(C(=O)Nc3nnc(C4CCCO4)s3)cc2c1. The highest BCUT2D eigenvalue weighted by atomic mass is 32.1. The molecule has 1 fully saturated rings. The Balaban J connectivity index is 1.59. The summed E-state index contributed by atoms with van der Waals surface area (Å²) in [7, 11) is 1.54. The van der Waals surface area contributed by atoms with Gasteiger partial charge in [0.1, 0.15) is 28.0 Å². The Morgan fingerprint density at radius 1 is 1.35 bits per heavy atom. The molecule has 1 unspecified atom stereocenters. The van der Waals surface area contributed by atoms with Gasteiger partial charge >= 0.3 is 5.63 Å². The molecule has 1 N–H and O–H groups in total. The van der Waals surface area contributed by atoms with Gasteiger partial charge in [0.15, 0.2) is 0 Å². The molecule has 3 heterocycles. The molecule has 0 radical (unpaired) electrons. The number of hydrogen-bond donors (Lipinski definition) is 1. The van der Waals surface area contributed by atoms with Gasteiger partial charge in [-0.25, -0.2) is 4.79 Å². The normalized spacial score (nSPS) is 16.7. The van der Waals surface area contributed by atoms with Crippen LogP contribution < -0.4 is 15.7 Å². The van der Waals surface area contributed by atoms with Gasteiger partial charge < -0.3 is 13.9 Å². The summed E-state index contributed by atoms with van der Waals surface area (Å²) >= 11 is 1.24. The van der Waals surface area contributed by atoms with E-state index in [-0.39, 0.29) is 11.7 Å². The summed E-state index contributed by atoms with van der Waals surface area (Å²) in [5.74, 6) is 0.00143. The molecule has 8 nitrogen and oxygen atoms in total. The Morgan fingerprint density at radius 2 is 2.23 bits per heavy atom. The minimum absolute atomic E-state index is 0.0728. The second-order valence-corrected chi connectivity index (χ2v) is 6.76. The van der Waals surface area contributed by atoms with E-state index in [9.17, 15) is 9.59 Å². The van der Waals surface area contributed by atoms with Crippen molar-refractivity contribution >= 4 is 33.3 Å². The van der Waals surface area contributed by atoms with Crippen LogP contribution in [0.5, 0.6) is 5.75 Å². The molecule has 9 heteroatoms. The first-order valence-electron chi connectivity index (χ1n) is 8.02. The highest BCUT2D eigenvalue weighted by molar-refractivity contribution is 7.15. The zero-order valence-electron chi connectivity index (χ0n) is 13.9. The summed E-state index contributed by atoms with van der Waals surface area (Å²) in [6, 6.07) is 6.46. The third-order valence-electron chi connectivity index (χ3n) is 4.05. The second-order valence-electron chi connectivity index (χ2n) is 5.75. The van der Waals surface area contributed by atoms with Crippen molar-refractivity contribution in [1.82, 2.24) is 10.2 Å². The largest absolute Gasteiger partial charge is 0.497 e. The maximum Gasteiger partial charge on any atom is 0.349 e. The highest BCUT2D eigenvalue weighted by Gasteiger charge is 2.23. The number of nitrogens with zero attached hydrogens (tertiary/aromatic N) is 2. The van der Waals surface area contributed by atoms with Crippen molar-refractivity contribution in [2.45, 2.75) is 18.9 Å². The Hall–Kier alpha value is -2.78. The third kappa shape index (κ3) is 3.18.